The van der Waals surface area contributed by atoms with Crippen LogP contribution in [0.25, 0.3) is 0 Å². The maximum Gasteiger partial charge on any atom is 0.337 e. The summed E-state index contributed by atoms with van der Waals surface area (Å²) in [6, 6.07) is 4.39. The zero-order valence-corrected chi connectivity index (χ0v) is 12.4. The van der Waals surface area contributed by atoms with E-state index in [1.807, 2.05) is 0 Å². The predicted octanol–water partition coefficient (Wildman–Crippen LogP) is 2.89. The highest BCUT2D eigenvalue weighted by Crippen LogP contribution is 2.36. The lowest BCUT2D eigenvalue weighted by Crippen LogP contribution is -2.44. The minimum absolute atomic E-state index is 0.0150. The summed E-state index contributed by atoms with van der Waals surface area (Å²) in [5, 5.41) is 12.2. The number of anilines is 1. The van der Waals surface area contributed by atoms with Gasteiger partial charge in [0.1, 0.15) is 0 Å². The van der Waals surface area contributed by atoms with E-state index in [4.69, 9.17) is 17.3 Å². The molecule has 1 aliphatic rings. The second kappa shape index (κ2) is 6.45. The Morgan fingerprint density at radius 3 is 2.52 bits per heavy atom. The van der Waals surface area contributed by atoms with Gasteiger partial charge >= 0.3 is 5.97 Å². The number of carboxylic acids is 1. The Bertz CT molecular complexity index is 554. The molecule has 6 heteroatoms. The molecule has 0 aliphatic heterocycles. The highest BCUT2D eigenvalue weighted by Gasteiger charge is 2.38. The van der Waals surface area contributed by atoms with Crippen molar-refractivity contribution in [3.8, 4) is 0 Å². The third-order valence-electron chi connectivity index (χ3n) is 4.14. The van der Waals surface area contributed by atoms with Gasteiger partial charge in [-0.1, -0.05) is 30.9 Å². The molecule has 1 aliphatic carbocycles. The standard InChI is InChI=1S/C15H19ClN2O3/c16-10-4-5-12(11(8-10)13(19)20)18-14(21)15(9-17)6-2-1-3-7-15/h4-5,8H,1-3,6-7,9,17H2,(H,18,21)(H,19,20). The Balaban J connectivity index is 2.24. The molecule has 0 atom stereocenters. The summed E-state index contributed by atoms with van der Waals surface area (Å²) in [5.74, 6) is -1.33. The largest absolute Gasteiger partial charge is 0.478 e. The van der Waals surface area contributed by atoms with Crippen LogP contribution in [0.15, 0.2) is 18.2 Å². The summed E-state index contributed by atoms with van der Waals surface area (Å²) in [7, 11) is 0. The Morgan fingerprint density at radius 1 is 1.29 bits per heavy atom. The van der Waals surface area contributed by atoms with Crippen molar-refractivity contribution in [3.63, 3.8) is 0 Å². The van der Waals surface area contributed by atoms with Crippen LogP contribution in [-0.2, 0) is 4.79 Å². The smallest absolute Gasteiger partial charge is 0.337 e. The third kappa shape index (κ3) is 3.36. The van der Waals surface area contributed by atoms with Crippen molar-refractivity contribution in [2.45, 2.75) is 32.1 Å². The Kier molecular flexibility index (Phi) is 4.85. The van der Waals surface area contributed by atoms with E-state index < -0.39 is 11.4 Å². The quantitative estimate of drug-likeness (QED) is 0.797. The number of benzene rings is 1. The van der Waals surface area contributed by atoms with Gasteiger partial charge in [0.25, 0.3) is 0 Å². The molecule has 0 saturated heterocycles. The first-order chi connectivity index (χ1) is 9.98. The molecule has 0 unspecified atom stereocenters. The predicted molar refractivity (Wildman–Crippen MR) is 81.6 cm³/mol. The molecule has 1 saturated carbocycles. The number of nitrogens with one attached hydrogen (secondary N) is 1. The third-order valence-corrected chi connectivity index (χ3v) is 4.38. The van der Waals surface area contributed by atoms with Crippen molar-refractivity contribution in [2.24, 2.45) is 11.1 Å². The highest BCUT2D eigenvalue weighted by molar-refractivity contribution is 6.31. The molecule has 21 heavy (non-hydrogen) atoms. The van der Waals surface area contributed by atoms with Crippen LogP contribution in [0.2, 0.25) is 5.02 Å². The molecule has 1 fully saturated rings. The number of carboxylic acid groups (broad SMARTS) is 1. The number of carbonyl (C=O) groups is 2. The number of nitrogens with two attached hydrogens (primary N) is 1. The molecule has 5 nitrogen and oxygen atoms in total. The zero-order chi connectivity index (χ0) is 15.5. The van der Waals surface area contributed by atoms with Gasteiger partial charge in [-0.15, -0.1) is 0 Å². The number of hydrogen-bond acceptors (Lipinski definition) is 3. The topological polar surface area (TPSA) is 92.4 Å². The average molecular weight is 311 g/mol. The lowest BCUT2D eigenvalue weighted by atomic mass is 9.73. The normalized spacial score (nSPS) is 17.2. The number of carbonyl (C=O) groups excluding carboxylic acids is 1. The fourth-order valence-corrected chi connectivity index (χ4v) is 2.98. The molecular weight excluding hydrogens is 292 g/mol. The summed E-state index contributed by atoms with van der Waals surface area (Å²) in [5.41, 5.74) is 5.47. The fourth-order valence-electron chi connectivity index (χ4n) is 2.81. The van der Waals surface area contributed by atoms with E-state index in [1.54, 1.807) is 6.07 Å². The van der Waals surface area contributed by atoms with Crippen LogP contribution in [0.3, 0.4) is 0 Å². The number of amides is 1. The first-order valence-corrected chi connectivity index (χ1v) is 7.41. The molecule has 0 bridgehead atoms. The molecular formula is C15H19ClN2O3. The maximum atomic E-state index is 12.6. The van der Waals surface area contributed by atoms with Gasteiger partial charge in [0.05, 0.1) is 16.7 Å². The fraction of sp³-hybridized carbons (Fsp3) is 0.467. The van der Waals surface area contributed by atoms with Crippen molar-refractivity contribution in [1.82, 2.24) is 0 Å². The monoisotopic (exact) mass is 310 g/mol. The lowest BCUT2D eigenvalue weighted by Gasteiger charge is -2.34. The van der Waals surface area contributed by atoms with Gasteiger partial charge in [-0.2, -0.15) is 0 Å². The summed E-state index contributed by atoms with van der Waals surface area (Å²) in [6.07, 6.45) is 4.53. The second-order valence-electron chi connectivity index (χ2n) is 5.49. The van der Waals surface area contributed by atoms with Crippen LogP contribution in [0.5, 0.6) is 0 Å². The van der Waals surface area contributed by atoms with Gasteiger partial charge in [-0.05, 0) is 31.0 Å². The van der Waals surface area contributed by atoms with Gasteiger partial charge in [0.2, 0.25) is 5.91 Å². The number of halogens is 1. The van der Waals surface area contributed by atoms with Crippen molar-refractivity contribution < 1.29 is 14.7 Å². The average Bonchev–Trinajstić information content (AvgIpc) is 2.49. The first kappa shape index (κ1) is 15.8. The van der Waals surface area contributed by atoms with Gasteiger partial charge in [0.15, 0.2) is 0 Å². The van der Waals surface area contributed by atoms with E-state index in [0.29, 0.717) is 5.02 Å². The molecule has 2 rings (SSSR count). The molecule has 0 radical (unpaired) electrons. The SMILES string of the molecule is NCC1(C(=O)Nc2ccc(Cl)cc2C(=O)O)CCCCC1. The van der Waals surface area contributed by atoms with E-state index >= 15 is 0 Å². The van der Waals surface area contributed by atoms with E-state index in [9.17, 15) is 14.7 Å². The molecule has 0 aromatic heterocycles. The summed E-state index contributed by atoms with van der Waals surface area (Å²) in [6.45, 7) is 0.273. The Morgan fingerprint density at radius 2 is 1.95 bits per heavy atom. The van der Waals surface area contributed by atoms with E-state index in [1.165, 1.54) is 12.1 Å². The minimum Gasteiger partial charge on any atom is -0.478 e. The van der Waals surface area contributed by atoms with Crippen LogP contribution in [0.1, 0.15) is 42.5 Å². The molecule has 1 aromatic carbocycles. The Hall–Kier alpha value is -1.59. The van der Waals surface area contributed by atoms with Crippen LogP contribution < -0.4 is 11.1 Å². The van der Waals surface area contributed by atoms with Crippen molar-refractivity contribution in [1.29, 1.82) is 0 Å². The van der Waals surface area contributed by atoms with Crippen molar-refractivity contribution in [2.75, 3.05) is 11.9 Å². The van der Waals surface area contributed by atoms with E-state index in [-0.39, 0.29) is 23.7 Å². The second-order valence-corrected chi connectivity index (χ2v) is 5.93. The summed E-state index contributed by atoms with van der Waals surface area (Å²) < 4.78 is 0. The zero-order valence-electron chi connectivity index (χ0n) is 11.7. The van der Waals surface area contributed by atoms with Crippen LogP contribution in [0, 0.1) is 5.41 Å². The first-order valence-electron chi connectivity index (χ1n) is 7.03. The highest BCUT2D eigenvalue weighted by atomic mass is 35.5. The maximum absolute atomic E-state index is 12.6. The summed E-state index contributed by atoms with van der Waals surface area (Å²) in [4.78, 5) is 23.8. The van der Waals surface area contributed by atoms with E-state index in [2.05, 4.69) is 5.32 Å². The molecule has 0 spiro atoms. The van der Waals surface area contributed by atoms with Gasteiger partial charge in [0, 0.05) is 11.6 Å². The van der Waals surface area contributed by atoms with Crippen molar-refractivity contribution in [3.05, 3.63) is 28.8 Å². The molecule has 114 valence electrons. The van der Waals surface area contributed by atoms with Gasteiger partial charge in [-0.3, -0.25) is 4.79 Å². The number of hydrogen-bond donors (Lipinski definition) is 3. The van der Waals surface area contributed by atoms with Gasteiger partial charge in [-0.25, -0.2) is 4.79 Å². The molecule has 1 amide bonds. The molecule has 4 N–H and O–H groups in total. The van der Waals surface area contributed by atoms with Crippen LogP contribution >= 0.6 is 11.6 Å². The van der Waals surface area contributed by atoms with E-state index in [0.717, 1.165) is 32.1 Å². The Labute approximate surface area is 128 Å². The summed E-state index contributed by atoms with van der Waals surface area (Å²) >= 11 is 5.80. The molecule has 1 aromatic rings. The van der Waals surface area contributed by atoms with Crippen molar-refractivity contribution >= 4 is 29.2 Å². The lowest BCUT2D eigenvalue weighted by molar-refractivity contribution is -0.126. The number of rotatable bonds is 4. The van der Waals surface area contributed by atoms with Crippen LogP contribution in [0.4, 0.5) is 5.69 Å². The van der Waals surface area contributed by atoms with Crippen LogP contribution in [-0.4, -0.2) is 23.5 Å². The molecule has 0 heterocycles. The minimum atomic E-state index is -1.13. The van der Waals surface area contributed by atoms with Gasteiger partial charge < -0.3 is 16.2 Å². The number of aromatic carboxylic acids is 1.